The van der Waals surface area contributed by atoms with Gasteiger partial charge in [-0.2, -0.15) is 0 Å². The Morgan fingerprint density at radius 3 is 2.32 bits per heavy atom. The Hall–Kier alpha value is -2.07. The molecule has 0 aliphatic heterocycles. The van der Waals surface area contributed by atoms with Gasteiger partial charge in [0.25, 0.3) is 0 Å². The molecule has 0 radical (unpaired) electrons. The monoisotopic (exact) mass is 357 g/mol. The lowest BCUT2D eigenvalue weighted by Crippen LogP contribution is -1.95. The third-order valence-corrected chi connectivity index (χ3v) is 4.17. The summed E-state index contributed by atoms with van der Waals surface area (Å²) in [5.74, 6) is 1.42. The van der Waals surface area contributed by atoms with Gasteiger partial charge in [0, 0.05) is 22.1 Å². The molecule has 112 valence electrons. The number of aromatic nitrogens is 1. The topological polar surface area (TPSA) is 31.4 Å². The molecule has 0 spiro atoms. The molecule has 0 saturated heterocycles. The molecule has 0 atom stereocenters. The molecule has 0 fully saturated rings. The normalized spacial score (nSPS) is 10.7. The average molecular weight is 358 g/mol. The van der Waals surface area contributed by atoms with E-state index in [1.54, 1.807) is 14.2 Å². The van der Waals surface area contributed by atoms with Crippen LogP contribution in [0.3, 0.4) is 0 Å². The van der Waals surface area contributed by atoms with Gasteiger partial charge in [0.2, 0.25) is 0 Å². The molecular formula is C18H16BrNO2. The maximum Gasteiger partial charge on any atom is 0.162 e. The van der Waals surface area contributed by atoms with E-state index in [-0.39, 0.29) is 0 Å². The predicted molar refractivity (Wildman–Crippen MR) is 91.8 cm³/mol. The van der Waals surface area contributed by atoms with E-state index >= 15 is 0 Å². The van der Waals surface area contributed by atoms with Crippen LogP contribution in [-0.4, -0.2) is 19.2 Å². The highest BCUT2D eigenvalue weighted by Gasteiger charge is 2.10. The Kier molecular flexibility index (Phi) is 4.29. The zero-order valence-electron chi connectivity index (χ0n) is 12.5. The van der Waals surface area contributed by atoms with Crippen molar-refractivity contribution in [2.24, 2.45) is 0 Å². The molecule has 0 aliphatic carbocycles. The number of hydrogen-bond acceptors (Lipinski definition) is 3. The second kappa shape index (κ2) is 6.36. The van der Waals surface area contributed by atoms with Crippen molar-refractivity contribution in [3.63, 3.8) is 0 Å². The summed E-state index contributed by atoms with van der Waals surface area (Å²) >= 11 is 3.46. The van der Waals surface area contributed by atoms with Gasteiger partial charge in [0.15, 0.2) is 11.5 Å². The van der Waals surface area contributed by atoms with Crippen molar-refractivity contribution in [1.82, 2.24) is 4.98 Å². The largest absolute Gasteiger partial charge is 0.493 e. The first kappa shape index (κ1) is 14.9. The fourth-order valence-corrected chi connectivity index (χ4v) is 2.77. The molecular weight excluding hydrogens is 342 g/mol. The lowest BCUT2D eigenvalue weighted by atomic mass is 10.0. The highest BCUT2D eigenvalue weighted by molar-refractivity contribution is 9.10. The maximum absolute atomic E-state index is 5.41. The number of nitrogens with zero attached hydrogens (tertiary/aromatic N) is 1. The molecule has 3 nitrogen and oxygen atoms in total. The second-order valence-corrected chi connectivity index (χ2v) is 5.91. The fourth-order valence-electron chi connectivity index (χ4n) is 2.51. The van der Waals surface area contributed by atoms with Crippen molar-refractivity contribution >= 4 is 26.8 Å². The number of hydrogen-bond donors (Lipinski definition) is 0. The van der Waals surface area contributed by atoms with Gasteiger partial charge in [-0.3, -0.25) is 4.98 Å². The van der Waals surface area contributed by atoms with Gasteiger partial charge >= 0.3 is 0 Å². The van der Waals surface area contributed by atoms with E-state index in [0.717, 1.165) is 27.5 Å². The Morgan fingerprint density at radius 2 is 1.64 bits per heavy atom. The third kappa shape index (κ3) is 2.92. The van der Waals surface area contributed by atoms with E-state index in [0.29, 0.717) is 5.75 Å². The van der Waals surface area contributed by atoms with Gasteiger partial charge in [0.1, 0.15) is 0 Å². The summed E-state index contributed by atoms with van der Waals surface area (Å²) in [6.07, 6.45) is 2.68. The number of pyridine rings is 1. The van der Waals surface area contributed by atoms with Crippen LogP contribution < -0.4 is 9.47 Å². The van der Waals surface area contributed by atoms with Gasteiger partial charge in [-0.15, -0.1) is 0 Å². The molecule has 0 bridgehead atoms. The molecule has 0 N–H and O–H groups in total. The summed E-state index contributed by atoms with van der Waals surface area (Å²) in [4.78, 5) is 4.44. The van der Waals surface area contributed by atoms with Gasteiger partial charge in [-0.25, -0.2) is 0 Å². The van der Waals surface area contributed by atoms with Crippen LogP contribution >= 0.6 is 15.9 Å². The Balaban J connectivity index is 2.07. The van der Waals surface area contributed by atoms with E-state index in [9.17, 15) is 0 Å². The number of benzene rings is 2. The molecule has 0 unspecified atom stereocenters. The highest BCUT2D eigenvalue weighted by atomic mass is 79.9. The van der Waals surface area contributed by atoms with Crippen LogP contribution in [-0.2, 0) is 6.42 Å². The van der Waals surface area contributed by atoms with Crippen LogP contribution in [0.15, 0.2) is 53.1 Å². The molecule has 4 heteroatoms. The first-order valence-corrected chi connectivity index (χ1v) is 7.74. The number of fused-ring (bicyclic) bond motifs is 1. The molecule has 0 amide bonds. The van der Waals surface area contributed by atoms with Crippen molar-refractivity contribution in [1.29, 1.82) is 0 Å². The van der Waals surface area contributed by atoms with E-state index < -0.39 is 0 Å². The summed E-state index contributed by atoms with van der Waals surface area (Å²) in [6, 6.07) is 14.3. The summed E-state index contributed by atoms with van der Waals surface area (Å²) in [5.41, 5.74) is 3.38. The van der Waals surface area contributed by atoms with Crippen molar-refractivity contribution < 1.29 is 9.47 Å². The Bertz CT molecular complexity index is 800. The summed E-state index contributed by atoms with van der Waals surface area (Å²) in [7, 11) is 3.28. The molecule has 2 aromatic carbocycles. The SMILES string of the molecule is COc1cc2nccc(Cc3ccc(Br)cc3)c2cc1OC. The highest BCUT2D eigenvalue weighted by Crippen LogP contribution is 2.33. The fraction of sp³-hybridized carbons (Fsp3) is 0.167. The summed E-state index contributed by atoms with van der Waals surface area (Å²) < 4.78 is 11.8. The van der Waals surface area contributed by atoms with Crippen LogP contribution in [0.2, 0.25) is 0 Å². The molecule has 22 heavy (non-hydrogen) atoms. The van der Waals surface area contributed by atoms with Gasteiger partial charge in [-0.1, -0.05) is 28.1 Å². The molecule has 3 aromatic rings. The first-order chi connectivity index (χ1) is 10.7. The number of halogens is 1. The minimum Gasteiger partial charge on any atom is -0.493 e. The summed E-state index contributed by atoms with van der Waals surface area (Å²) in [5, 5.41) is 1.09. The van der Waals surface area contributed by atoms with Crippen molar-refractivity contribution in [2.75, 3.05) is 14.2 Å². The van der Waals surface area contributed by atoms with E-state index in [1.165, 1.54) is 11.1 Å². The summed E-state index contributed by atoms with van der Waals surface area (Å²) in [6.45, 7) is 0. The molecule has 1 aromatic heterocycles. The van der Waals surface area contributed by atoms with Crippen LogP contribution in [0.25, 0.3) is 10.9 Å². The number of rotatable bonds is 4. The Labute approximate surface area is 138 Å². The van der Waals surface area contributed by atoms with Crippen molar-refractivity contribution in [2.45, 2.75) is 6.42 Å². The molecule has 0 saturated carbocycles. The average Bonchev–Trinajstić information content (AvgIpc) is 2.56. The second-order valence-electron chi connectivity index (χ2n) is 5.00. The third-order valence-electron chi connectivity index (χ3n) is 3.65. The van der Waals surface area contributed by atoms with Crippen molar-refractivity contribution in [3.05, 3.63) is 64.3 Å². The number of methoxy groups -OCH3 is 2. The molecule has 3 rings (SSSR count). The van der Waals surface area contributed by atoms with E-state index in [2.05, 4.69) is 51.2 Å². The van der Waals surface area contributed by atoms with Gasteiger partial charge < -0.3 is 9.47 Å². The lowest BCUT2D eigenvalue weighted by molar-refractivity contribution is 0.356. The predicted octanol–water partition coefficient (Wildman–Crippen LogP) is 4.61. The van der Waals surface area contributed by atoms with E-state index in [4.69, 9.17) is 9.47 Å². The zero-order valence-corrected chi connectivity index (χ0v) is 14.1. The minimum atomic E-state index is 0.697. The minimum absolute atomic E-state index is 0.697. The van der Waals surface area contributed by atoms with Crippen LogP contribution in [0.1, 0.15) is 11.1 Å². The standard InChI is InChI=1S/C18H16BrNO2/c1-21-17-10-15-13(9-12-3-5-14(19)6-4-12)7-8-20-16(15)11-18(17)22-2/h3-8,10-11H,9H2,1-2H3. The maximum atomic E-state index is 5.41. The quantitative estimate of drug-likeness (QED) is 0.683. The lowest BCUT2D eigenvalue weighted by Gasteiger charge is -2.11. The Morgan fingerprint density at radius 1 is 0.955 bits per heavy atom. The van der Waals surface area contributed by atoms with Crippen molar-refractivity contribution in [3.8, 4) is 11.5 Å². The van der Waals surface area contributed by atoms with Gasteiger partial charge in [0.05, 0.1) is 19.7 Å². The van der Waals surface area contributed by atoms with Crippen LogP contribution in [0, 0.1) is 0 Å². The van der Waals surface area contributed by atoms with Crippen LogP contribution in [0.5, 0.6) is 11.5 Å². The number of ether oxygens (including phenoxy) is 2. The first-order valence-electron chi connectivity index (χ1n) is 6.95. The smallest absolute Gasteiger partial charge is 0.162 e. The molecule has 0 aliphatic rings. The van der Waals surface area contributed by atoms with Gasteiger partial charge in [-0.05, 0) is 41.8 Å². The van der Waals surface area contributed by atoms with Crippen LogP contribution in [0.4, 0.5) is 0 Å². The van der Waals surface area contributed by atoms with E-state index in [1.807, 2.05) is 18.3 Å². The zero-order chi connectivity index (χ0) is 15.5. The molecule has 1 heterocycles.